The molecule has 0 radical (unpaired) electrons. The third-order valence-corrected chi connectivity index (χ3v) is 2.21. The quantitative estimate of drug-likeness (QED) is 0.660. The van der Waals surface area contributed by atoms with Gasteiger partial charge in [0.1, 0.15) is 0 Å². The van der Waals surface area contributed by atoms with Gasteiger partial charge in [0.05, 0.1) is 11.3 Å². The molecule has 1 atom stereocenters. The van der Waals surface area contributed by atoms with Crippen molar-refractivity contribution < 1.29 is 14.7 Å². The molecule has 0 saturated carbocycles. The Morgan fingerprint density at radius 1 is 1.50 bits per heavy atom. The van der Waals surface area contributed by atoms with E-state index in [9.17, 15) is 9.59 Å². The van der Waals surface area contributed by atoms with Crippen LogP contribution in [0.15, 0.2) is 39.6 Å². The molecule has 2 rings (SSSR count). The summed E-state index contributed by atoms with van der Waals surface area (Å²) in [7, 11) is 0. The number of carboxylic acids is 1. The maximum atomic E-state index is 11.2. The molecule has 0 unspecified atom stereocenters. The molecule has 1 amide bonds. The summed E-state index contributed by atoms with van der Waals surface area (Å²) in [5.41, 5.74) is 8.00. The Balaban J connectivity index is 2.19. The van der Waals surface area contributed by atoms with E-state index < -0.39 is 17.9 Å². The molecule has 0 aliphatic carbocycles. The van der Waals surface area contributed by atoms with Crippen LogP contribution in [0.1, 0.15) is 10.4 Å². The first kappa shape index (κ1) is 11.7. The van der Waals surface area contributed by atoms with Gasteiger partial charge in [-0.2, -0.15) is 15.3 Å². The lowest BCUT2D eigenvalue weighted by Crippen LogP contribution is -2.31. The zero-order chi connectivity index (χ0) is 13.1. The van der Waals surface area contributed by atoms with Gasteiger partial charge in [-0.1, -0.05) is 6.07 Å². The molecule has 0 fully saturated rings. The van der Waals surface area contributed by atoms with Crippen LogP contribution in [0.2, 0.25) is 0 Å². The largest absolute Gasteiger partial charge is 0.478 e. The van der Waals surface area contributed by atoms with Crippen molar-refractivity contribution in [1.29, 1.82) is 0 Å². The number of aromatic carboxylic acids is 1. The number of nitrogens with zero attached hydrogens (tertiary/aromatic N) is 3. The molecule has 1 heterocycles. The SMILES string of the molecule is NC1=NNC(=O)[C@@H]1N=Nc1cccc(C(=O)O)c1. The zero-order valence-corrected chi connectivity index (χ0v) is 9.07. The maximum Gasteiger partial charge on any atom is 0.335 e. The fraction of sp³-hybridized carbons (Fsp3) is 0.100. The molecule has 1 aromatic rings. The van der Waals surface area contributed by atoms with Crippen LogP contribution in [0.4, 0.5) is 5.69 Å². The molecule has 8 nitrogen and oxygen atoms in total. The van der Waals surface area contributed by atoms with Crippen molar-refractivity contribution in [3.63, 3.8) is 0 Å². The van der Waals surface area contributed by atoms with Gasteiger partial charge in [0.15, 0.2) is 5.84 Å². The second-order valence-electron chi connectivity index (χ2n) is 3.49. The van der Waals surface area contributed by atoms with Crippen LogP contribution in [-0.2, 0) is 4.79 Å². The molecule has 4 N–H and O–H groups in total. The smallest absolute Gasteiger partial charge is 0.335 e. The van der Waals surface area contributed by atoms with Crippen molar-refractivity contribution in [2.24, 2.45) is 21.1 Å². The molecule has 18 heavy (non-hydrogen) atoms. The molecular formula is C10H9N5O3. The van der Waals surface area contributed by atoms with E-state index in [4.69, 9.17) is 10.8 Å². The minimum absolute atomic E-state index is 0.0261. The number of hydrazone groups is 1. The minimum atomic E-state index is -1.06. The maximum absolute atomic E-state index is 11.2. The standard InChI is InChI=1S/C10H9N5O3/c11-8-7(9(16)15-14-8)13-12-6-3-1-2-5(4-6)10(17)18/h1-4,7H,(H2,11,14)(H,15,16)(H,17,18)/t7-/m1/s1. The number of nitrogens with two attached hydrogens (primary N) is 1. The van der Waals surface area contributed by atoms with E-state index in [0.717, 1.165) is 0 Å². The number of carbonyl (C=O) groups excluding carboxylic acids is 1. The Hall–Kier alpha value is -2.77. The average molecular weight is 247 g/mol. The topological polar surface area (TPSA) is 129 Å². The number of carboxylic acid groups (broad SMARTS) is 1. The van der Waals surface area contributed by atoms with E-state index in [1.54, 1.807) is 6.07 Å². The number of azo groups is 1. The number of hydrogen-bond acceptors (Lipinski definition) is 6. The Kier molecular flexibility index (Phi) is 3.00. The van der Waals surface area contributed by atoms with Crippen LogP contribution in [0.3, 0.4) is 0 Å². The predicted molar refractivity (Wildman–Crippen MR) is 61.5 cm³/mol. The highest BCUT2D eigenvalue weighted by atomic mass is 16.4. The summed E-state index contributed by atoms with van der Waals surface area (Å²) in [6.45, 7) is 0. The van der Waals surface area contributed by atoms with Crippen molar-refractivity contribution in [3.8, 4) is 0 Å². The normalized spacial score (nSPS) is 18.8. The van der Waals surface area contributed by atoms with E-state index in [1.165, 1.54) is 18.2 Å². The highest BCUT2D eigenvalue weighted by Crippen LogP contribution is 2.15. The lowest BCUT2D eigenvalue weighted by Gasteiger charge is -1.99. The number of carbonyl (C=O) groups is 2. The van der Waals surface area contributed by atoms with Crippen LogP contribution in [-0.4, -0.2) is 28.9 Å². The Bertz CT molecular complexity index is 566. The molecule has 8 heteroatoms. The highest BCUT2D eigenvalue weighted by Gasteiger charge is 2.27. The fourth-order valence-electron chi connectivity index (χ4n) is 1.31. The molecule has 92 valence electrons. The Morgan fingerprint density at radius 2 is 2.28 bits per heavy atom. The van der Waals surface area contributed by atoms with Gasteiger partial charge in [0, 0.05) is 0 Å². The van der Waals surface area contributed by atoms with Gasteiger partial charge in [0.25, 0.3) is 5.91 Å². The first-order chi connectivity index (χ1) is 8.58. The van der Waals surface area contributed by atoms with Crippen molar-refractivity contribution in [3.05, 3.63) is 29.8 Å². The molecule has 0 saturated heterocycles. The molecule has 1 aliphatic rings. The van der Waals surface area contributed by atoms with Crippen LogP contribution < -0.4 is 11.2 Å². The van der Waals surface area contributed by atoms with E-state index in [-0.39, 0.29) is 11.4 Å². The van der Waals surface area contributed by atoms with Gasteiger partial charge in [-0.25, -0.2) is 10.2 Å². The second kappa shape index (κ2) is 4.62. The summed E-state index contributed by atoms with van der Waals surface area (Å²) in [4.78, 5) is 22.0. The van der Waals surface area contributed by atoms with Crippen molar-refractivity contribution in [2.75, 3.05) is 0 Å². The number of benzene rings is 1. The fourth-order valence-corrected chi connectivity index (χ4v) is 1.31. The van der Waals surface area contributed by atoms with Gasteiger partial charge >= 0.3 is 5.97 Å². The monoisotopic (exact) mass is 247 g/mol. The van der Waals surface area contributed by atoms with Gasteiger partial charge < -0.3 is 10.8 Å². The summed E-state index contributed by atoms with van der Waals surface area (Å²) >= 11 is 0. The molecule has 0 aromatic heterocycles. The first-order valence-electron chi connectivity index (χ1n) is 4.95. The number of hydrogen-bond donors (Lipinski definition) is 3. The van der Waals surface area contributed by atoms with Crippen molar-refractivity contribution in [1.82, 2.24) is 5.43 Å². The second-order valence-corrected chi connectivity index (χ2v) is 3.49. The van der Waals surface area contributed by atoms with E-state index in [1.807, 2.05) is 0 Å². The zero-order valence-electron chi connectivity index (χ0n) is 9.07. The van der Waals surface area contributed by atoms with Crippen LogP contribution in [0.5, 0.6) is 0 Å². The summed E-state index contributed by atoms with van der Waals surface area (Å²) in [6, 6.07) is 4.91. The molecule has 1 aromatic carbocycles. The Morgan fingerprint density at radius 3 is 2.89 bits per heavy atom. The first-order valence-corrected chi connectivity index (χ1v) is 4.95. The molecule has 0 bridgehead atoms. The highest BCUT2D eigenvalue weighted by molar-refractivity contribution is 6.10. The number of amidine groups is 1. The molecular weight excluding hydrogens is 238 g/mol. The number of amides is 1. The van der Waals surface area contributed by atoms with Gasteiger partial charge in [0.2, 0.25) is 6.04 Å². The van der Waals surface area contributed by atoms with Crippen LogP contribution >= 0.6 is 0 Å². The van der Waals surface area contributed by atoms with Gasteiger partial charge in [-0.15, -0.1) is 0 Å². The minimum Gasteiger partial charge on any atom is -0.478 e. The third kappa shape index (κ3) is 2.32. The van der Waals surface area contributed by atoms with Gasteiger partial charge in [-0.05, 0) is 18.2 Å². The summed E-state index contributed by atoms with van der Waals surface area (Å²) in [5.74, 6) is -1.50. The summed E-state index contributed by atoms with van der Waals surface area (Å²) in [5, 5.41) is 19.8. The number of nitrogens with one attached hydrogen (secondary N) is 1. The van der Waals surface area contributed by atoms with Gasteiger partial charge in [-0.3, -0.25) is 4.79 Å². The number of rotatable bonds is 3. The summed E-state index contributed by atoms with van der Waals surface area (Å²) < 4.78 is 0. The third-order valence-electron chi connectivity index (χ3n) is 2.21. The van der Waals surface area contributed by atoms with E-state index in [2.05, 4.69) is 20.8 Å². The van der Waals surface area contributed by atoms with E-state index >= 15 is 0 Å². The van der Waals surface area contributed by atoms with Crippen molar-refractivity contribution in [2.45, 2.75) is 6.04 Å². The van der Waals surface area contributed by atoms with E-state index in [0.29, 0.717) is 5.69 Å². The molecule has 0 spiro atoms. The van der Waals surface area contributed by atoms with Crippen LogP contribution in [0.25, 0.3) is 0 Å². The lowest BCUT2D eigenvalue weighted by atomic mass is 10.2. The summed E-state index contributed by atoms with van der Waals surface area (Å²) in [6.07, 6.45) is 0. The van der Waals surface area contributed by atoms with Crippen molar-refractivity contribution >= 4 is 23.4 Å². The lowest BCUT2D eigenvalue weighted by molar-refractivity contribution is -0.120. The van der Waals surface area contributed by atoms with Crippen LogP contribution in [0, 0.1) is 0 Å². The Labute approximate surface area is 101 Å². The predicted octanol–water partition coefficient (Wildman–Crippen LogP) is 0.239. The average Bonchev–Trinajstić information content (AvgIpc) is 2.67. The molecule has 1 aliphatic heterocycles.